The summed E-state index contributed by atoms with van der Waals surface area (Å²) in [4.78, 5) is 5.33. The third-order valence-corrected chi connectivity index (χ3v) is 4.52. The molecule has 0 amide bonds. The lowest BCUT2D eigenvalue weighted by Crippen LogP contribution is -2.36. The molecule has 0 bridgehead atoms. The third-order valence-electron chi connectivity index (χ3n) is 3.59. The van der Waals surface area contributed by atoms with Gasteiger partial charge in [0.25, 0.3) is 0 Å². The number of nitrogens with zero attached hydrogens (tertiary/aromatic N) is 1. The molecule has 1 aliphatic rings. The molecule has 0 saturated heterocycles. The summed E-state index contributed by atoms with van der Waals surface area (Å²) < 4.78 is 37.5. The van der Waals surface area contributed by atoms with Gasteiger partial charge in [-0.1, -0.05) is 0 Å². The minimum atomic E-state index is -4.01. The molecule has 1 aromatic heterocycles. The number of nitrogens with one attached hydrogen (secondary N) is 1. The number of aryl methyl sites for hydroxylation is 1. The summed E-state index contributed by atoms with van der Waals surface area (Å²) in [6, 6.07) is 0.213. The Hall–Kier alpha value is -0.620. The highest BCUT2D eigenvalue weighted by molar-refractivity contribution is 7.09. The third kappa shape index (κ3) is 3.45. The highest BCUT2D eigenvalue weighted by Gasteiger charge is 2.41. The zero-order chi connectivity index (χ0) is 13.2. The van der Waals surface area contributed by atoms with Crippen LogP contribution in [0.2, 0.25) is 0 Å². The van der Waals surface area contributed by atoms with Crippen molar-refractivity contribution in [3.05, 3.63) is 16.1 Å². The predicted octanol–water partition coefficient (Wildman–Crippen LogP) is 3.66. The van der Waals surface area contributed by atoms with E-state index in [-0.39, 0.29) is 18.9 Å². The van der Waals surface area contributed by atoms with E-state index < -0.39 is 12.1 Å². The Morgan fingerprint density at radius 1 is 1.33 bits per heavy atom. The Bertz CT molecular complexity index is 381. The lowest BCUT2D eigenvalue weighted by molar-refractivity contribution is -0.182. The van der Waals surface area contributed by atoms with Crippen molar-refractivity contribution in [3.8, 4) is 0 Å². The molecule has 2 rings (SSSR count). The first-order valence-corrected chi connectivity index (χ1v) is 7.04. The molecular formula is C12H17F3N2S. The van der Waals surface area contributed by atoms with E-state index in [1.165, 1.54) is 4.88 Å². The van der Waals surface area contributed by atoms with Crippen LogP contribution in [0.15, 0.2) is 5.51 Å². The molecule has 1 heterocycles. The fourth-order valence-corrected chi connectivity index (χ4v) is 3.09. The molecule has 18 heavy (non-hydrogen) atoms. The van der Waals surface area contributed by atoms with Crippen molar-refractivity contribution in [2.75, 3.05) is 0 Å². The van der Waals surface area contributed by atoms with Crippen molar-refractivity contribution in [2.45, 2.75) is 51.4 Å². The maximum atomic E-state index is 12.5. The van der Waals surface area contributed by atoms with E-state index in [4.69, 9.17) is 0 Å². The van der Waals surface area contributed by atoms with Crippen LogP contribution in [0, 0.1) is 12.8 Å². The van der Waals surface area contributed by atoms with Crippen molar-refractivity contribution < 1.29 is 13.2 Å². The monoisotopic (exact) mass is 278 g/mol. The number of alkyl halides is 3. The summed E-state index contributed by atoms with van der Waals surface area (Å²) in [5.41, 5.74) is 2.81. The Morgan fingerprint density at radius 2 is 2.00 bits per heavy atom. The van der Waals surface area contributed by atoms with Crippen LogP contribution in [0.1, 0.15) is 36.3 Å². The van der Waals surface area contributed by atoms with Gasteiger partial charge in [0.2, 0.25) is 0 Å². The van der Waals surface area contributed by atoms with E-state index in [1.54, 1.807) is 16.8 Å². The normalized spacial score (nSPS) is 25.3. The van der Waals surface area contributed by atoms with E-state index >= 15 is 0 Å². The van der Waals surface area contributed by atoms with Gasteiger partial charge in [-0.25, -0.2) is 4.98 Å². The molecular weight excluding hydrogens is 261 g/mol. The molecule has 102 valence electrons. The van der Waals surface area contributed by atoms with Crippen molar-refractivity contribution in [2.24, 2.45) is 5.92 Å². The van der Waals surface area contributed by atoms with Gasteiger partial charge >= 0.3 is 6.18 Å². The minimum Gasteiger partial charge on any atom is -0.309 e. The largest absolute Gasteiger partial charge is 0.391 e. The quantitative estimate of drug-likeness (QED) is 0.912. The molecule has 0 unspecified atom stereocenters. The van der Waals surface area contributed by atoms with Crippen LogP contribution in [0.4, 0.5) is 13.2 Å². The van der Waals surface area contributed by atoms with Crippen LogP contribution < -0.4 is 5.32 Å². The Balaban J connectivity index is 1.76. The maximum Gasteiger partial charge on any atom is 0.391 e. The summed E-state index contributed by atoms with van der Waals surface area (Å²) in [5, 5.41) is 3.34. The molecule has 0 radical (unpaired) electrons. The van der Waals surface area contributed by atoms with E-state index in [1.807, 2.05) is 6.92 Å². The van der Waals surface area contributed by atoms with Gasteiger partial charge in [-0.2, -0.15) is 13.2 Å². The van der Waals surface area contributed by atoms with E-state index in [0.29, 0.717) is 12.8 Å². The van der Waals surface area contributed by atoms with Crippen LogP contribution >= 0.6 is 11.3 Å². The zero-order valence-corrected chi connectivity index (χ0v) is 11.1. The summed E-state index contributed by atoms with van der Waals surface area (Å²) in [6.45, 7) is 2.67. The lowest BCUT2D eigenvalue weighted by atomic mass is 9.85. The zero-order valence-electron chi connectivity index (χ0n) is 10.3. The topological polar surface area (TPSA) is 24.9 Å². The molecule has 1 fully saturated rings. The van der Waals surface area contributed by atoms with E-state index in [9.17, 15) is 13.2 Å². The first kappa shape index (κ1) is 13.8. The number of aromatic nitrogens is 1. The smallest absolute Gasteiger partial charge is 0.309 e. The van der Waals surface area contributed by atoms with Crippen LogP contribution in [0.5, 0.6) is 0 Å². The molecule has 6 heteroatoms. The molecule has 1 aromatic rings. The number of thiazole rings is 1. The van der Waals surface area contributed by atoms with Gasteiger partial charge in [0.15, 0.2) is 0 Å². The molecule has 0 atom stereocenters. The highest BCUT2D eigenvalue weighted by Crippen LogP contribution is 2.37. The van der Waals surface area contributed by atoms with Gasteiger partial charge in [-0.05, 0) is 32.6 Å². The molecule has 0 spiro atoms. The van der Waals surface area contributed by atoms with Gasteiger partial charge < -0.3 is 5.32 Å². The van der Waals surface area contributed by atoms with Crippen molar-refractivity contribution in [1.29, 1.82) is 0 Å². The average molecular weight is 278 g/mol. The van der Waals surface area contributed by atoms with Gasteiger partial charge in [-0.3, -0.25) is 0 Å². The van der Waals surface area contributed by atoms with Crippen molar-refractivity contribution >= 4 is 11.3 Å². The van der Waals surface area contributed by atoms with Crippen LogP contribution in [-0.2, 0) is 6.54 Å². The lowest BCUT2D eigenvalue weighted by Gasteiger charge is -2.30. The Kier molecular flexibility index (Phi) is 4.27. The second-order valence-electron chi connectivity index (χ2n) is 4.83. The Morgan fingerprint density at radius 3 is 2.50 bits per heavy atom. The fraction of sp³-hybridized carbons (Fsp3) is 0.750. The summed E-state index contributed by atoms with van der Waals surface area (Å²) in [7, 11) is 0. The maximum absolute atomic E-state index is 12.5. The molecule has 2 nitrogen and oxygen atoms in total. The SMILES string of the molecule is Cc1ncsc1CNC1CCC(C(F)(F)F)CC1. The second-order valence-corrected chi connectivity index (χ2v) is 5.77. The molecule has 1 aliphatic carbocycles. The first-order chi connectivity index (χ1) is 8.47. The van der Waals surface area contributed by atoms with Crippen LogP contribution in [0.25, 0.3) is 0 Å². The number of hydrogen-bond acceptors (Lipinski definition) is 3. The van der Waals surface area contributed by atoms with Gasteiger partial charge in [-0.15, -0.1) is 11.3 Å². The van der Waals surface area contributed by atoms with Gasteiger partial charge in [0.1, 0.15) is 0 Å². The summed E-state index contributed by atoms with van der Waals surface area (Å²) >= 11 is 1.59. The first-order valence-electron chi connectivity index (χ1n) is 6.16. The van der Waals surface area contributed by atoms with Crippen LogP contribution in [0.3, 0.4) is 0 Å². The average Bonchev–Trinajstić information content (AvgIpc) is 2.72. The highest BCUT2D eigenvalue weighted by atomic mass is 32.1. The number of rotatable bonds is 3. The van der Waals surface area contributed by atoms with Crippen molar-refractivity contribution in [3.63, 3.8) is 0 Å². The predicted molar refractivity (Wildman–Crippen MR) is 65.5 cm³/mol. The Labute approximate surface area is 109 Å². The summed E-state index contributed by atoms with van der Waals surface area (Å²) in [5.74, 6) is -1.10. The summed E-state index contributed by atoms with van der Waals surface area (Å²) in [6.07, 6.45) is -2.28. The molecule has 0 aromatic carbocycles. The molecule has 1 N–H and O–H groups in total. The van der Waals surface area contributed by atoms with Gasteiger partial charge in [0.05, 0.1) is 17.1 Å². The van der Waals surface area contributed by atoms with Gasteiger partial charge in [0, 0.05) is 17.5 Å². The van der Waals surface area contributed by atoms with Crippen molar-refractivity contribution in [1.82, 2.24) is 10.3 Å². The van der Waals surface area contributed by atoms with E-state index in [2.05, 4.69) is 10.3 Å². The van der Waals surface area contributed by atoms with Crippen LogP contribution in [-0.4, -0.2) is 17.2 Å². The molecule has 1 saturated carbocycles. The number of hydrogen-bond donors (Lipinski definition) is 1. The molecule has 0 aliphatic heterocycles. The number of halogens is 3. The fourth-order valence-electron chi connectivity index (χ4n) is 2.36. The second kappa shape index (κ2) is 5.57. The van der Waals surface area contributed by atoms with E-state index in [0.717, 1.165) is 12.2 Å². The minimum absolute atomic E-state index is 0.213. The standard InChI is InChI=1S/C12H17F3N2S/c1-8-11(18-7-17-8)6-16-10-4-2-9(3-5-10)12(13,14)15/h7,9-10,16H,2-6H2,1H3.